The smallest absolute Gasteiger partial charge is 0.283 e. The second-order valence-corrected chi connectivity index (χ2v) is 3.62. The number of ether oxygens (including phenoxy) is 1. The zero-order valence-corrected chi connectivity index (χ0v) is 8.57. The summed E-state index contributed by atoms with van der Waals surface area (Å²) in [6.45, 7) is 3.68. The van der Waals surface area contributed by atoms with Gasteiger partial charge in [-0.3, -0.25) is 0 Å². The van der Waals surface area contributed by atoms with Crippen LogP contribution in [0.5, 0.6) is 0 Å². The molecule has 1 N–H and O–H groups in total. The van der Waals surface area contributed by atoms with E-state index in [1.54, 1.807) is 0 Å². The topological polar surface area (TPSA) is 21.3 Å². The molecule has 0 amide bonds. The van der Waals surface area contributed by atoms with E-state index >= 15 is 0 Å². The zero-order chi connectivity index (χ0) is 10.3. The summed E-state index contributed by atoms with van der Waals surface area (Å²) in [6, 6.07) is 0. The van der Waals surface area contributed by atoms with Crippen molar-refractivity contribution >= 4 is 0 Å². The van der Waals surface area contributed by atoms with Crippen molar-refractivity contribution in [1.82, 2.24) is 5.32 Å². The van der Waals surface area contributed by atoms with Crippen molar-refractivity contribution in [2.24, 2.45) is 5.92 Å². The third-order valence-corrected chi connectivity index (χ3v) is 1.59. The monoisotopic (exact) mass is 195 g/mol. The maximum absolute atomic E-state index is 12.8. The maximum atomic E-state index is 12.8. The highest BCUT2D eigenvalue weighted by Crippen LogP contribution is 2.12. The lowest BCUT2D eigenvalue weighted by Crippen LogP contribution is -2.35. The minimum Gasteiger partial charge on any atom is -0.375 e. The van der Waals surface area contributed by atoms with Crippen LogP contribution < -0.4 is 5.32 Å². The molecule has 0 spiro atoms. The highest BCUT2D eigenvalue weighted by Gasteiger charge is 2.27. The third-order valence-electron chi connectivity index (χ3n) is 1.59. The summed E-state index contributed by atoms with van der Waals surface area (Å²) in [5, 5.41) is 2.43. The highest BCUT2D eigenvalue weighted by atomic mass is 19.3. The minimum atomic E-state index is -2.74. The standard InChI is InChI=1S/C9H19F2NO/c1-8(2)4-5-13-7-9(10,11)6-12-3/h8,12H,4-7H2,1-3H3. The molecule has 0 aliphatic carbocycles. The second kappa shape index (κ2) is 6.27. The van der Waals surface area contributed by atoms with Gasteiger partial charge in [0.1, 0.15) is 6.61 Å². The number of halogens is 2. The zero-order valence-electron chi connectivity index (χ0n) is 8.57. The molecule has 0 saturated heterocycles. The second-order valence-electron chi connectivity index (χ2n) is 3.62. The largest absolute Gasteiger partial charge is 0.375 e. The van der Waals surface area contributed by atoms with Crippen LogP contribution in [0.25, 0.3) is 0 Å². The van der Waals surface area contributed by atoms with E-state index in [-0.39, 0.29) is 6.54 Å². The first-order chi connectivity index (χ1) is 5.98. The van der Waals surface area contributed by atoms with Crippen molar-refractivity contribution < 1.29 is 13.5 Å². The molecular formula is C9H19F2NO. The number of alkyl halides is 2. The van der Waals surface area contributed by atoms with Gasteiger partial charge < -0.3 is 10.1 Å². The summed E-state index contributed by atoms with van der Waals surface area (Å²) in [6.07, 6.45) is 0.829. The maximum Gasteiger partial charge on any atom is 0.283 e. The molecule has 0 bridgehead atoms. The first-order valence-corrected chi connectivity index (χ1v) is 4.58. The van der Waals surface area contributed by atoms with Crippen molar-refractivity contribution in [2.75, 3.05) is 26.8 Å². The Bertz CT molecular complexity index is 129. The van der Waals surface area contributed by atoms with Crippen molar-refractivity contribution in [1.29, 1.82) is 0 Å². The van der Waals surface area contributed by atoms with Gasteiger partial charge in [0.05, 0.1) is 6.54 Å². The van der Waals surface area contributed by atoms with Crippen LogP contribution in [0, 0.1) is 5.92 Å². The number of hydrogen-bond donors (Lipinski definition) is 1. The predicted octanol–water partition coefficient (Wildman–Crippen LogP) is 1.90. The molecule has 0 aromatic rings. The fraction of sp³-hybridized carbons (Fsp3) is 1.00. The van der Waals surface area contributed by atoms with E-state index < -0.39 is 12.5 Å². The molecule has 0 aromatic carbocycles. The van der Waals surface area contributed by atoms with E-state index in [0.717, 1.165) is 6.42 Å². The molecule has 0 aliphatic rings. The lowest BCUT2D eigenvalue weighted by molar-refractivity contribution is -0.0750. The Kier molecular flexibility index (Phi) is 6.16. The lowest BCUT2D eigenvalue weighted by atomic mass is 10.1. The fourth-order valence-electron chi connectivity index (χ4n) is 0.850. The number of nitrogens with one attached hydrogen (secondary N) is 1. The molecule has 0 atom stereocenters. The van der Waals surface area contributed by atoms with E-state index in [1.165, 1.54) is 7.05 Å². The van der Waals surface area contributed by atoms with E-state index in [4.69, 9.17) is 4.74 Å². The Morgan fingerprint density at radius 3 is 2.46 bits per heavy atom. The predicted molar refractivity (Wildman–Crippen MR) is 49.1 cm³/mol. The summed E-state index contributed by atoms with van der Waals surface area (Å²) in [5.74, 6) is -2.25. The van der Waals surface area contributed by atoms with Gasteiger partial charge in [-0.2, -0.15) is 0 Å². The van der Waals surface area contributed by atoms with Crippen LogP contribution in [-0.2, 0) is 4.74 Å². The normalized spacial score (nSPS) is 12.5. The molecule has 4 heteroatoms. The fourth-order valence-corrected chi connectivity index (χ4v) is 0.850. The Labute approximate surface area is 78.7 Å². The van der Waals surface area contributed by atoms with Crippen LogP contribution in [0.15, 0.2) is 0 Å². The van der Waals surface area contributed by atoms with Gasteiger partial charge in [-0.05, 0) is 19.4 Å². The minimum absolute atomic E-state index is 0.325. The van der Waals surface area contributed by atoms with Crippen molar-refractivity contribution in [3.8, 4) is 0 Å². The molecule has 0 heterocycles. The van der Waals surface area contributed by atoms with Gasteiger partial charge in [-0.15, -0.1) is 0 Å². The van der Waals surface area contributed by atoms with Crippen LogP contribution >= 0.6 is 0 Å². The lowest BCUT2D eigenvalue weighted by Gasteiger charge is -2.16. The van der Waals surface area contributed by atoms with Crippen molar-refractivity contribution in [3.05, 3.63) is 0 Å². The highest BCUT2D eigenvalue weighted by molar-refractivity contribution is 4.66. The van der Waals surface area contributed by atoms with Crippen molar-refractivity contribution in [2.45, 2.75) is 26.2 Å². The first-order valence-electron chi connectivity index (χ1n) is 4.58. The van der Waals surface area contributed by atoms with E-state index in [0.29, 0.717) is 12.5 Å². The first kappa shape index (κ1) is 12.8. The van der Waals surface area contributed by atoms with E-state index in [2.05, 4.69) is 5.32 Å². The van der Waals surface area contributed by atoms with Crippen molar-refractivity contribution in [3.63, 3.8) is 0 Å². The summed E-state index contributed by atoms with van der Waals surface area (Å²) >= 11 is 0. The molecule has 0 saturated carbocycles. The Hall–Kier alpha value is -0.220. The SMILES string of the molecule is CNCC(F)(F)COCCC(C)C. The molecule has 0 unspecified atom stereocenters. The molecule has 80 valence electrons. The van der Waals surface area contributed by atoms with Crippen LogP contribution in [0.3, 0.4) is 0 Å². The Morgan fingerprint density at radius 2 is 2.00 bits per heavy atom. The van der Waals surface area contributed by atoms with Gasteiger partial charge in [0.25, 0.3) is 5.92 Å². The van der Waals surface area contributed by atoms with Gasteiger partial charge in [0, 0.05) is 6.61 Å². The molecule has 0 fully saturated rings. The summed E-state index contributed by atoms with van der Waals surface area (Å²) in [4.78, 5) is 0. The molecule has 0 rings (SSSR count). The quantitative estimate of drug-likeness (QED) is 0.626. The Morgan fingerprint density at radius 1 is 1.38 bits per heavy atom. The van der Waals surface area contributed by atoms with E-state index in [1.807, 2.05) is 13.8 Å². The average Bonchev–Trinajstić information content (AvgIpc) is 1.98. The molecule has 0 radical (unpaired) electrons. The van der Waals surface area contributed by atoms with Crippen LogP contribution in [0.2, 0.25) is 0 Å². The number of rotatable bonds is 7. The summed E-state index contributed by atoms with van der Waals surface area (Å²) in [5.41, 5.74) is 0. The van der Waals surface area contributed by atoms with Gasteiger partial charge in [-0.25, -0.2) is 8.78 Å². The van der Waals surface area contributed by atoms with E-state index in [9.17, 15) is 8.78 Å². The number of hydrogen-bond acceptors (Lipinski definition) is 2. The molecular weight excluding hydrogens is 176 g/mol. The van der Waals surface area contributed by atoms with Gasteiger partial charge >= 0.3 is 0 Å². The average molecular weight is 195 g/mol. The molecule has 0 aliphatic heterocycles. The third kappa shape index (κ3) is 8.12. The van der Waals surface area contributed by atoms with Crippen LogP contribution in [0.1, 0.15) is 20.3 Å². The van der Waals surface area contributed by atoms with Crippen LogP contribution in [-0.4, -0.2) is 32.7 Å². The van der Waals surface area contributed by atoms with Gasteiger partial charge in [0.15, 0.2) is 0 Å². The molecule has 13 heavy (non-hydrogen) atoms. The van der Waals surface area contributed by atoms with Crippen LogP contribution in [0.4, 0.5) is 8.78 Å². The Balaban J connectivity index is 3.40. The van der Waals surface area contributed by atoms with Gasteiger partial charge in [0.2, 0.25) is 0 Å². The summed E-state index contributed by atoms with van der Waals surface area (Å²) in [7, 11) is 1.50. The molecule has 0 aromatic heterocycles. The van der Waals surface area contributed by atoms with Gasteiger partial charge in [-0.1, -0.05) is 13.8 Å². The summed E-state index contributed by atoms with van der Waals surface area (Å²) < 4.78 is 30.4. The molecule has 2 nitrogen and oxygen atoms in total.